The number of aromatic carboxylic acids is 2. The summed E-state index contributed by atoms with van der Waals surface area (Å²) in [5.74, 6) is -2.27. The molecule has 8 nitrogen and oxygen atoms in total. The van der Waals surface area contributed by atoms with E-state index in [0.29, 0.717) is 11.4 Å². The Morgan fingerprint density at radius 1 is 0.838 bits per heavy atom. The minimum atomic E-state index is -1.15. The van der Waals surface area contributed by atoms with Gasteiger partial charge in [0.1, 0.15) is 0 Å². The lowest BCUT2D eigenvalue weighted by Crippen LogP contribution is -2.02. The Hall–Kier alpha value is -4.19. The maximum atomic E-state index is 11.8. The molecule has 3 N–H and O–H groups in total. The Bertz CT molecular complexity index is 1710. The molecule has 0 saturated carbocycles. The Labute approximate surface area is 223 Å². The number of carbonyl (C=O) groups is 2. The van der Waals surface area contributed by atoms with Crippen LogP contribution in [0.1, 0.15) is 25.6 Å². The molecule has 0 amide bonds. The molecule has 11 heteroatoms. The lowest BCUT2D eigenvalue weighted by Gasteiger charge is -2.08. The first-order valence-corrected chi connectivity index (χ1v) is 12.8. The van der Waals surface area contributed by atoms with Gasteiger partial charge >= 0.3 is 11.9 Å². The highest BCUT2D eigenvalue weighted by Crippen LogP contribution is 2.41. The number of carboxylic acid groups (broad SMARTS) is 2. The number of rotatable bonds is 7. The minimum Gasteiger partial charge on any atom is -0.478 e. The molecule has 0 unspecified atom stereocenters. The van der Waals surface area contributed by atoms with Crippen LogP contribution >= 0.6 is 35.3 Å². The number of carboxylic acids is 2. The number of allylic oxidation sites excluding steroid dienone is 1. The molecule has 0 aromatic carbocycles. The molecule has 0 radical (unpaired) electrons. The number of nitrogens with zero attached hydrogens (tertiary/aromatic N) is 3. The highest BCUT2D eigenvalue weighted by atomic mass is 32.2. The maximum absolute atomic E-state index is 11.8. The molecule has 0 aliphatic rings. The van der Waals surface area contributed by atoms with Gasteiger partial charge in [0, 0.05) is 38.7 Å². The van der Waals surface area contributed by atoms with Crippen molar-refractivity contribution in [2.24, 2.45) is 0 Å². The molecule has 0 bridgehead atoms. The highest BCUT2D eigenvalue weighted by Gasteiger charge is 2.16. The number of hydrogen-bond acceptors (Lipinski definition) is 9. The Morgan fingerprint density at radius 2 is 1.49 bits per heavy atom. The third kappa shape index (κ3) is 5.05. The number of nitrogens with one attached hydrogen (secondary N) is 1. The van der Waals surface area contributed by atoms with Crippen molar-refractivity contribution in [3.63, 3.8) is 0 Å². The van der Waals surface area contributed by atoms with Gasteiger partial charge in [-0.05, 0) is 60.2 Å². The standard InChI is InChI=1S/C26H16N4O4S3/c27-4-1-21(35)23-12-16-11-22(36-26(16)37-23)13-2-5-28-17(7-13)19-9-15(25(33)34)10-20(30-19)18-8-14(24(31)32)3-6-29-18/h1-12,27,35H,(H,31,32)(H,33,34)/b21-1-,27-4?. The molecule has 0 atom stereocenters. The van der Waals surface area contributed by atoms with Gasteiger partial charge in [0.2, 0.25) is 0 Å². The molecule has 0 saturated heterocycles. The second-order valence-electron chi connectivity index (χ2n) is 7.78. The minimum absolute atomic E-state index is 0.0144. The second-order valence-corrected chi connectivity index (χ2v) is 10.6. The third-order valence-electron chi connectivity index (χ3n) is 5.36. The predicted molar refractivity (Wildman–Crippen MR) is 149 cm³/mol. The van der Waals surface area contributed by atoms with Gasteiger partial charge in [-0.3, -0.25) is 9.97 Å². The smallest absolute Gasteiger partial charge is 0.335 e. The fourth-order valence-electron chi connectivity index (χ4n) is 3.61. The molecule has 0 fully saturated rings. The van der Waals surface area contributed by atoms with E-state index in [1.54, 1.807) is 34.9 Å². The topological polar surface area (TPSA) is 137 Å². The van der Waals surface area contributed by atoms with Gasteiger partial charge in [0.05, 0.1) is 37.9 Å². The van der Waals surface area contributed by atoms with Crippen LogP contribution in [0.2, 0.25) is 0 Å². The zero-order valence-corrected chi connectivity index (χ0v) is 21.3. The monoisotopic (exact) mass is 544 g/mol. The van der Waals surface area contributed by atoms with Gasteiger partial charge in [-0.25, -0.2) is 14.6 Å². The van der Waals surface area contributed by atoms with Gasteiger partial charge in [-0.15, -0.1) is 35.3 Å². The Balaban J connectivity index is 1.55. The zero-order chi connectivity index (χ0) is 26.1. The summed E-state index contributed by atoms with van der Waals surface area (Å²) in [6.45, 7) is 0. The summed E-state index contributed by atoms with van der Waals surface area (Å²) in [6.07, 6.45) is 5.82. The van der Waals surface area contributed by atoms with Crippen molar-refractivity contribution < 1.29 is 19.8 Å². The van der Waals surface area contributed by atoms with Crippen molar-refractivity contribution in [3.8, 4) is 33.2 Å². The number of thiol groups is 1. The molecule has 0 spiro atoms. The average Bonchev–Trinajstić information content (AvgIpc) is 3.49. The summed E-state index contributed by atoms with van der Waals surface area (Å²) < 4.78 is 1.12. The van der Waals surface area contributed by atoms with Crippen molar-refractivity contribution in [2.45, 2.75) is 0 Å². The lowest BCUT2D eigenvalue weighted by molar-refractivity contribution is 0.0686. The fraction of sp³-hybridized carbons (Fsp3) is 0. The summed E-state index contributed by atoms with van der Waals surface area (Å²) in [5, 5.41) is 27.3. The molecule has 5 rings (SSSR count). The summed E-state index contributed by atoms with van der Waals surface area (Å²) in [7, 11) is 0. The van der Waals surface area contributed by atoms with Crippen LogP contribution in [0.25, 0.3) is 47.5 Å². The van der Waals surface area contributed by atoms with Crippen molar-refractivity contribution >= 4 is 67.8 Å². The van der Waals surface area contributed by atoms with Crippen molar-refractivity contribution in [2.75, 3.05) is 0 Å². The van der Waals surface area contributed by atoms with E-state index in [2.05, 4.69) is 33.6 Å². The van der Waals surface area contributed by atoms with Gasteiger partial charge in [-0.1, -0.05) is 0 Å². The summed E-state index contributed by atoms with van der Waals surface area (Å²) >= 11 is 7.66. The Kier molecular flexibility index (Phi) is 6.66. The van der Waals surface area contributed by atoms with Gasteiger partial charge in [-0.2, -0.15) is 0 Å². The van der Waals surface area contributed by atoms with Crippen LogP contribution in [0.5, 0.6) is 0 Å². The summed E-state index contributed by atoms with van der Waals surface area (Å²) in [5.41, 5.74) is 2.19. The van der Waals surface area contributed by atoms with E-state index in [-0.39, 0.29) is 22.5 Å². The van der Waals surface area contributed by atoms with Gasteiger partial charge < -0.3 is 15.6 Å². The predicted octanol–water partition coefficient (Wildman–Crippen LogP) is 6.47. The SMILES string of the molecule is N=C/C=C(\S)c1cc2cc(-c3ccnc(-c4cc(C(=O)O)cc(-c5cc(C(=O)O)ccn5)n4)c3)sc2s1. The first-order chi connectivity index (χ1) is 17.8. The zero-order valence-electron chi connectivity index (χ0n) is 18.7. The number of pyridine rings is 3. The largest absolute Gasteiger partial charge is 0.478 e. The van der Waals surface area contributed by atoms with Crippen molar-refractivity contribution in [3.05, 3.63) is 83.0 Å². The average molecular weight is 545 g/mol. The highest BCUT2D eigenvalue weighted by molar-refractivity contribution is 7.91. The van der Waals surface area contributed by atoms with Gasteiger partial charge in [0.25, 0.3) is 0 Å². The van der Waals surface area contributed by atoms with Crippen molar-refractivity contribution in [1.29, 1.82) is 5.41 Å². The molecule has 37 heavy (non-hydrogen) atoms. The Morgan fingerprint density at radius 3 is 2.14 bits per heavy atom. The molecule has 182 valence electrons. The molecule has 5 aromatic heterocycles. The van der Waals surface area contributed by atoms with Crippen LogP contribution in [-0.2, 0) is 0 Å². The van der Waals surface area contributed by atoms with E-state index >= 15 is 0 Å². The lowest BCUT2D eigenvalue weighted by atomic mass is 10.1. The molecule has 5 aromatic rings. The van der Waals surface area contributed by atoms with Crippen LogP contribution < -0.4 is 0 Å². The van der Waals surface area contributed by atoms with Crippen LogP contribution in [0.15, 0.2) is 67.0 Å². The van der Waals surface area contributed by atoms with E-state index in [4.69, 9.17) is 5.41 Å². The third-order valence-corrected chi connectivity index (χ3v) is 8.37. The van der Waals surface area contributed by atoms with Crippen LogP contribution in [0, 0.1) is 5.41 Å². The van der Waals surface area contributed by atoms with E-state index < -0.39 is 11.9 Å². The molecule has 5 heterocycles. The van der Waals surface area contributed by atoms with E-state index in [9.17, 15) is 19.8 Å². The summed E-state index contributed by atoms with van der Waals surface area (Å²) in [4.78, 5) is 39.1. The van der Waals surface area contributed by atoms with Crippen LogP contribution in [0.3, 0.4) is 0 Å². The molecular formula is C26H16N4O4S3. The normalized spacial score (nSPS) is 11.5. The molecule has 0 aliphatic carbocycles. The van der Waals surface area contributed by atoms with E-state index in [1.165, 1.54) is 36.7 Å². The number of thiophene rings is 2. The fourth-order valence-corrected chi connectivity index (χ4v) is 6.25. The first-order valence-electron chi connectivity index (χ1n) is 10.7. The first kappa shape index (κ1) is 24.5. The van der Waals surface area contributed by atoms with Crippen LogP contribution in [0.4, 0.5) is 0 Å². The van der Waals surface area contributed by atoms with Crippen LogP contribution in [-0.4, -0.2) is 43.3 Å². The number of fused-ring (bicyclic) bond motifs is 1. The van der Waals surface area contributed by atoms with Gasteiger partial charge in [0.15, 0.2) is 0 Å². The van der Waals surface area contributed by atoms with E-state index in [0.717, 1.165) is 29.6 Å². The van der Waals surface area contributed by atoms with E-state index in [1.807, 2.05) is 18.2 Å². The number of hydrogen-bond donors (Lipinski definition) is 4. The number of aromatic nitrogens is 3. The molecular weight excluding hydrogens is 529 g/mol. The van der Waals surface area contributed by atoms with Crippen molar-refractivity contribution in [1.82, 2.24) is 15.0 Å². The molecule has 0 aliphatic heterocycles. The quantitative estimate of drug-likeness (QED) is 0.136. The maximum Gasteiger partial charge on any atom is 0.335 e. The summed E-state index contributed by atoms with van der Waals surface area (Å²) in [6, 6.07) is 13.3. The second kappa shape index (κ2) is 10.1.